The van der Waals surface area contributed by atoms with Gasteiger partial charge in [-0.05, 0) is 56.6 Å². The van der Waals surface area contributed by atoms with Crippen LogP contribution in [-0.4, -0.2) is 104 Å². The largest absolute Gasteiger partial charge is 0.491 e. The van der Waals surface area contributed by atoms with Gasteiger partial charge < -0.3 is 29.5 Å². The first kappa shape index (κ1) is 30.0. The molecular weight excluding hydrogens is 572 g/mol. The molecule has 0 aromatic heterocycles. The van der Waals surface area contributed by atoms with E-state index < -0.39 is 31.8 Å². The van der Waals surface area contributed by atoms with Crippen molar-refractivity contribution in [3.8, 4) is 11.5 Å². The normalized spacial score (nSPS) is 21.8. The highest BCUT2D eigenvalue weighted by Crippen LogP contribution is 2.39. The van der Waals surface area contributed by atoms with Crippen LogP contribution >= 0.6 is 0 Å². The number of aliphatic hydroxyl groups is 1. The van der Waals surface area contributed by atoms with Gasteiger partial charge in [-0.15, -0.1) is 0 Å². The van der Waals surface area contributed by atoms with Crippen molar-refractivity contribution in [3.05, 3.63) is 42.5 Å². The molecule has 1 spiro atoms. The molecule has 3 heterocycles. The van der Waals surface area contributed by atoms with E-state index in [2.05, 4.69) is 10.0 Å². The van der Waals surface area contributed by atoms with E-state index >= 15 is 0 Å². The van der Waals surface area contributed by atoms with Crippen LogP contribution in [0.2, 0.25) is 0 Å². The molecule has 2 fully saturated rings. The lowest BCUT2D eigenvalue weighted by Gasteiger charge is -2.38. The predicted molar refractivity (Wildman–Crippen MR) is 152 cm³/mol. The Labute approximate surface area is 241 Å². The highest BCUT2D eigenvalue weighted by Gasteiger charge is 2.45. The summed E-state index contributed by atoms with van der Waals surface area (Å²) in [4.78, 5) is 2.35. The van der Waals surface area contributed by atoms with Crippen LogP contribution in [0.5, 0.6) is 11.5 Å². The Bertz CT molecular complexity index is 1440. The first-order valence-electron chi connectivity index (χ1n) is 13.7. The molecule has 0 aliphatic carbocycles. The Morgan fingerprint density at radius 3 is 2.63 bits per heavy atom. The minimum absolute atomic E-state index is 0.00773. The zero-order valence-electron chi connectivity index (χ0n) is 23.3. The van der Waals surface area contributed by atoms with Gasteiger partial charge in [0.15, 0.2) is 0 Å². The number of nitrogens with one attached hydrogen (secondary N) is 2. The molecule has 3 aliphatic rings. The molecule has 0 amide bonds. The fourth-order valence-corrected chi connectivity index (χ4v) is 7.73. The highest BCUT2D eigenvalue weighted by atomic mass is 32.2. The Kier molecular flexibility index (Phi) is 8.81. The number of fused-ring (bicyclic) bond motifs is 1. The molecule has 5 rings (SSSR count). The van der Waals surface area contributed by atoms with Gasteiger partial charge in [-0.25, -0.2) is 21.6 Å². The van der Waals surface area contributed by atoms with Crippen molar-refractivity contribution < 1.29 is 36.2 Å². The van der Waals surface area contributed by atoms with Crippen molar-refractivity contribution >= 4 is 25.7 Å². The molecular formula is C27H38N4O8S2. The number of anilines is 1. The van der Waals surface area contributed by atoms with Crippen LogP contribution in [0.1, 0.15) is 19.3 Å². The van der Waals surface area contributed by atoms with Crippen LogP contribution in [0.25, 0.3) is 0 Å². The number of hydrogen-bond acceptors (Lipinski definition) is 10. The van der Waals surface area contributed by atoms with E-state index in [0.29, 0.717) is 57.2 Å². The van der Waals surface area contributed by atoms with Crippen LogP contribution in [0.15, 0.2) is 52.3 Å². The van der Waals surface area contributed by atoms with Crippen molar-refractivity contribution in [3.63, 3.8) is 0 Å². The van der Waals surface area contributed by atoms with Crippen LogP contribution < -0.4 is 24.4 Å². The molecule has 3 aliphatic heterocycles. The van der Waals surface area contributed by atoms with E-state index in [9.17, 15) is 21.9 Å². The minimum Gasteiger partial charge on any atom is -0.491 e. The second-order valence-electron chi connectivity index (χ2n) is 10.8. The van der Waals surface area contributed by atoms with Crippen molar-refractivity contribution in [2.75, 3.05) is 65.0 Å². The molecule has 3 N–H and O–H groups in total. The predicted octanol–water partition coefficient (Wildman–Crippen LogP) is 0.765. The molecule has 2 aromatic carbocycles. The lowest BCUT2D eigenvalue weighted by molar-refractivity contribution is -0.0312. The molecule has 0 unspecified atom stereocenters. The summed E-state index contributed by atoms with van der Waals surface area (Å²) in [7, 11) is -3.97. The average Bonchev–Trinajstić information content (AvgIpc) is 3.37. The molecule has 2 atom stereocenters. The number of hydrogen-bond donors (Lipinski definition) is 3. The molecule has 41 heavy (non-hydrogen) atoms. The molecule has 2 aromatic rings. The average molecular weight is 611 g/mol. The minimum atomic E-state index is -3.65. The Hall–Kier alpha value is -2.46. The highest BCUT2D eigenvalue weighted by molar-refractivity contribution is 7.89. The van der Waals surface area contributed by atoms with Gasteiger partial charge in [0.2, 0.25) is 20.0 Å². The Balaban J connectivity index is 1.09. The summed E-state index contributed by atoms with van der Waals surface area (Å²) < 4.78 is 72.0. The van der Waals surface area contributed by atoms with E-state index in [1.807, 2.05) is 11.9 Å². The van der Waals surface area contributed by atoms with Crippen molar-refractivity contribution in [2.24, 2.45) is 0 Å². The maximum atomic E-state index is 13.4. The van der Waals surface area contributed by atoms with Gasteiger partial charge in [0.25, 0.3) is 0 Å². The second kappa shape index (κ2) is 12.0. The number of aliphatic hydroxyl groups excluding tert-OH is 1. The van der Waals surface area contributed by atoms with Gasteiger partial charge in [0, 0.05) is 38.8 Å². The standard InChI is InChI=1S/C27H38N4O8S2/c1-28-40(33,34)23-5-3-4-22(14-23)38-19-21(32)17-29-20-16-27(39-18-20)8-10-31(11-9-27)41(35,36)24-6-7-26-25(15-24)30(2)12-13-37-26/h3-7,14-15,20-21,28-29,32H,8-13,16-19H2,1-2H3/t20-,21-/m0/s1. The van der Waals surface area contributed by atoms with Gasteiger partial charge in [0.1, 0.15) is 30.8 Å². The van der Waals surface area contributed by atoms with Gasteiger partial charge in [0.05, 0.1) is 34.2 Å². The van der Waals surface area contributed by atoms with Gasteiger partial charge in [-0.2, -0.15) is 4.31 Å². The third-order valence-electron chi connectivity index (χ3n) is 7.98. The molecule has 0 radical (unpaired) electrons. The second-order valence-corrected chi connectivity index (χ2v) is 14.6. The molecule has 226 valence electrons. The van der Waals surface area contributed by atoms with E-state index in [1.165, 1.54) is 23.5 Å². The van der Waals surface area contributed by atoms with E-state index in [0.717, 1.165) is 12.1 Å². The number of piperidine rings is 1. The van der Waals surface area contributed by atoms with Crippen molar-refractivity contribution in [1.29, 1.82) is 0 Å². The third-order valence-corrected chi connectivity index (χ3v) is 11.3. The Morgan fingerprint density at radius 2 is 1.88 bits per heavy atom. The number of likely N-dealkylation sites (N-methyl/N-ethyl adjacent to an activating group) is 1. The summed E-state index contributed by atoms with van der Waals surface area (Å²) in [5.74, 6) is 1.04. The molecule has 0 saturated carbocycles. The summed E-state index contributed by atoms with van der Waals surface area (Å²) in [6.07, 6.45) is 1.09. The maximum absolute atomic E-state index is 13.4. The SMILES string of the molecule is CNS(=O)(=O)c1cccc(OC[C@@H](O)CN[C@@H]2COC3(CCN(S(=O)(=O)c4ccc5c(c4)N(C)CCO5)CC3)C2)c1. The van der Waals surface area contributed by atoms with Crippen molar-refractivity contribution in [2.45, 2.75) is 46.8 Å². The molecule has 14 heteroatoms. The van der Waals surface area contributed by atoms with Gasteiger partial charge >= 0.3 is 0 Å². The number of ether oxygens (including phenoxy) is 3. The smallest absolute Gasteiger partial charge is 0.243 e. The van der Waals surface area contributed by atoms with Gasteiger partial charge in [-0.3, -0.25) is 0 Å². The topological polar surface area (TPSA) is 147 Å². The summed E-state index contributed by atoms with van der Waals surface area (Å²) in [5, 5.41) is 13.8. The Morgan fingerprint density at radius 1 is 1.10 bits per heavy atom. The van der Waals surface area contributed by atoms with Crippen molar-refractivity contribution in [1.82, 2.24) is 14.3 Å². The first-order chi connectivity index (χ1) is 19.5. The summed E-state index contributed by atoms with van der Waals surface area (Å²) in [5.41, 5.74) is 0.385. The summed E-state index contributed by atoms with van der Waals surface area (Å²) >= 11 is 0. The van der Waals surface area contributed by atoms with E-state index in [-0.39, 0.29) is 29.0 Å². The van der Waals surface area contributed by atoms with E-state index in [4.69, 9.17) is 14.2 Å². The summed E-state index contributed by atoms with van der Waals surface area (Å²) in [6.45, 7) is 2.76. The fourth-order valence-electron chi connectivity index (χ4n) is 5.50. The maximum Gasteiger partial charge on any atom is 0.243 e. The number of nitrogens with zero attached hydrogens (tertiary/aromatic N) is 2. The first-order valence-corrected chi connectivity index (χ1v) is 16.6. The third kappa shape index (κ3) is 6.63. The molecule has 12 nitrogen and oxygen atoms in total. The van der Waals surface area contributed by atoms with Crippen LogP contribution in [-0.2, 0) is 24.8 Å². The van der Waals surface area contributed by atoms with Crippen LogP contribution in [0.4, 0.5) is 5.69 Å². The quantitative estimate of drug-likeness (QED) is 0.353. The number of sulfonamides is 2. The number of benzene rings is 2. The monoisotopic (exact) mass is 610 g/mol. The molecule has 2 saturated heterocycles. The van der Waals surface area contributed by atoms with Crippen LogP contribution in [0, 0.1) is 0 Å². The van der Waals surface area contributed by atoms with Gasteiger partial charge in [-0.1, -0.05) is 6.07 Å². The zero-order valence-corrected chi connectivity index (χ0v) is 24.9. The number of rotatable bonds is 10. The van der Waals surface area contributed by atoms with E-state index in [1.54, 1.807) is 30.3 Å². The summed E-state index contributed by atoms with van der Waals surface area (Å²) in [6, 6.07) is 11.1. The zero-order chi connectivity index (χ0) is 29.3. The van der Waals surface area contributed by atoms with Crippen LogP contribution in [0.3, 0.4) is 0 Å². The fraction of sp³-hybridized carbons (Fsp3) is 0.556. The molecule has 0 bridgehead atoms. The lowest BCUT2D eigenvalue weighted by Crippen LogP contribution is -2.47. The lowest BCUT2D eigenvalue weighted by atomic mass is 9.88.